The van der Waals surface area contributed by atoms with E-state index in [4.69, 9.17) is 5.84 Å². The Morgan fingerprint density at radius 3 is 2.73 bits per heavy atom. The Balaban J connectivity index is 3.27. The molecule has 1 unspecified atom stereocenters. The van der Waals surface area contributed by atoms with E-state index in [-0.39, 0.29) is 0 Å². The molecule has 0 aliphatic rings. The zero-order valence-corrected chi connectivity index (χ0v) is 7.47. The fourth-order valence-electron chi connectivity index (χ4n) is 1.11. The summed E-state index contributed by atoms with van der Waals surface area (Å²) >= 11 is 0. The maximum Gasteiger partial charge on any atom is 0.0244 e. The van der Waals surface area contributed by atoms with E-state index < -0.39 is 0 Å². The molecule has 0 spiro atoms. The van der Waals surface area contributed by atoms with E-state index in [1.807, 2.05) is 6.08 Å². The fraction of sp³-hybridized carbons (Fsp3) is 0.778. The van der Waals surface area contributed by atoms with Crippen LogP contribution in [0.3, 0.4) is 0 Å². The van der Waals surface area contributed by atoms with E-state index in [1.54, 1.807) is 0 Å². The van der Waals surface area contributed by atoms with Crippen LogP contribution in [0.2, 0.25) is 0 Å². The second-order valence-electron chi connectivity index (χ2n) is 2.88. The van der Waals surface area contributed by atoms with Gasteiger partial charge in [0.25, 0.3) is 0 Å². The van der Waals surface area contributed by atoms with E-state index >= 15 is 0 Å². The Labute approximate surface area is 69.8 Å². The van der Waals surface area contributed by atoms with Crippen LogP contribution in [0, 0.1) is 0 Å². The molecular formula is C9H20N2. The molecular weight excluding hydrogens is 136 g/mol. The molecule has 0 heterocycles. The molecule has 0 aliphatic carbocycles. The van der Waals surface area contributed by atoms with Crippen LogP contribution in [0.4, 0.5) is 0 Å². The molecule has 3 N–H and O–H groups in total. The van der Waals surface area contributed by atoms with Crippen molar-refractivity contribution >= 4 is 0 Å². The molecule has 11 heavy (non-hydrogen) atoms. The third-order valence-corrected chi connectivity index (χ3v) is 1.84. The van der Waals surface area contributed by atoms with Crippen LogP contribution in [0.1, 0.15) is 39.0 Å². The van der Waals surface area contributed by atoms with Crippen molar-refractivity contribution in [2.75, 3.05) is 0 Å². The van der Waals surface area contributed by atoms with Gasteiger partial charge in [-0.05, 0) is 12.8 Å². The summed E-state index contributed by atoms with van der Waals surface area (Å²) in [6, 6.07) is 0.430. The molecule has 2 nitrogen and oxygen atoms in total. The van der Waals surface area contributed by atoms with Crippen LogP contribution in [0.15, 0.2) is 12.7 Å². The van der Waals surface area contributed by atoms with E-state index in [1.165, 1.54) is 19.3 Å². The molecule has 0 aromatic carbocycles. The van der Waals surface area contributed by atoms with Crippen LogP contribution >= 0.6 is 0 Å². The highest BCUT2D eigenvalue weighted by atomic mass is 15.2. The van der Waals surface area contributed by atoms with Crippen LogP contribution in [0.25, 0.3) is 0 Å². The Kier molecular flexibility index (Phi) is 7.52. The monoisotopic (exact) mass is 156 g/mol. The molecule has 0 saturated heterocycles. The second kappa shape index (κ2) is 7.76. The van der Waals surface area contributed by atoms with Gasteiger partial charge in [0.2, 0.25) is 0 Å². The zero-order valence-electron chi connectivity index (χ0n) is 7.47. The number of nitrogens with two attached hydrogens (primary N) is 1. The third-order valence-electron chi connectivity index (χ3n) is 1.84. The summed E-state index contributed by atoms with van der Waals surface area (Å²) in [6.45, 7) is 5.89. The minimum Gasteiger partial charge on any atom is -0.271 e. The average Bonchev–Trinajstić information content (AvgIpc) is 2.03. The number of rotatable bonds is 7. The number of hydrogen-bond donors (Lipinski definition) is 2. The van der Waals surface area contributed by atoms with Crippen molar-refractivity contribution in [3.05, 3.63) is 12.7 Å². The number of hydrogen-bond acceptors (Lipinski definition) is 2. The second-order valence-corrected chi connectivity index (χ2v) is 2.88. The summed E-state index contributed by atoms with van der Waals surface area (Å²) in [4.78, 5) is 0. The van der Waals surface area contributed by atoms with Gasteiger partial charge in [-0.1, -0.05) is 32.3 Å². The van der Waals surface area contributed by atoms with Crippen molar-refractivity contribution < 1.29 is 0 Å². The van der Waals surface area contributed by atoms with Crippen molar-refractivity contribution in [2.45, 2.75) is 45.1 Å². The summed E-state index contributed by atoms with van der Waals surface area (Å²) in [7, 11) is 0. The van der Waals surface area contributed by atoms with E-state index in [9.17, 15) is 0 Å². The predicted octanol–water partition coefficient (Wildman–Crippen LogP) is 1.97. The van der Waals surface area contributed by atoms with Crippen molar-refractivity contribution in [2.24, 2.45) is 5.84 Å². The Hall–Kier alpha value is -0.340. The predicted molar refractivity (Wildman–Crippen MR) is 50.1 cm³/mol. The molecule has 0 aromatic heterocycles. The normalized spacial score (nSPS) is 12.9. The molecule has 0 aromatic rings. The lowest BCUT2D eigenvalue weighted by atomic mass is 10.1. The van der Waals surface area contributed by atoms with Crippen LogP contribution < -0.4 is 11.3 Å². The van der Waals surface area contributed by atoms with Crippen molar-refractivity contribution in [3.63, 3.8) is 0 Å². The minimum absolute atomic E-state index is 0.430. The quantitative estimate of drug-likeness (QED) is 0.256. The zero-order chi connectivity index (χ0) is 8.53. The first-order valence-corrected chi connectivity index (χ1v) is 4.42. The van der Waals surface area contributed by atoms with Gasteiger partial charge >= 0.3 is 0 Å². The standard InChI is InChI=1S/C9H20N2/c1-3-5-6-8-9(11-10)7-4-2/h4,9,11H,2-3,5-8,10H2,1H3. The van der Waals surface area contributed by atoms with Gasteiger partial charge in [-0.15, -0.1) is 6.58 Å². The molecule has 0 fully saturated rings. The fourth-order valence-corrected chi connectivity index (χ4v) is 1.11. The van der Waals surface area contributed by atoms with E-state index in [0.29, 0.717) is 6.04 Å². The van der Waals surface area contributed by atoms with Crippen LogP contribution in [-0.2, 0) is 0 Å². The Bertz CT molecular complexity index is 91.6. The van der Waals surface area contributed by atoms with Gasteiger partial charge in [-0.25, -0.2) is 0 Å². The van der Waals surface area contributed by atoms with Gasteiger partial charge in [0.05, 0.1) is 0 Å². The summed E-state index contributed by atoms with van der Waals surface area (Å²) in [5.41, 5.74) is 2.79. The molecule has 1 atom stereocenters. The maximum absolute atomic E-state index is 5.34. The lowest BCUT2D eigenvalue weighted by molar-refractivity contribution is 0.473. The lowest BCUT2D eigenvalue weighted by Crippen LogP contribution is -2.34. The topological polar surface area (TPSA) is 38.0 Å². The minimum atomic E-state index is 0.430. The third kappa shape index (κ3) is 6.07. The highest BCUT2D eigenvalue weighted by molar-refractivity contribution is 4.76. The van der Waals surface area contributed by atoms with Gasteiger partial charge in [0, 0.05) is 6.04 Å². The molecule has 2 heteroatoms. The lowest BCUT2D eigenvalue weighted by Gasteiger charge is -2.12. The molecule has 0 amide bonds. The summed E-state index contributed by atoms with van der Waals surface area (Å²) in [5.74, 6) is 5.34. The smallest absolute Gasteiger partial charge is 0.0244 e. The number of nitrogens with one attached hydrogen (secondary N) is 1. The maximum atomic E-state index is 5.34. The van der Waals surface area contributed by atoms with Crippen LogP contribution in [0.5, 0.6) is 0 Å². The van der Waals surface area contributed by atoms with Gasteiger partial charge in [-0.3, -0.25) is 11.3 Å². The van der Waals surface area contributed by atoms with Crippen LogP contribution in [-0.4, -0.2) is 6.04 Å². The van der Waals surface area contributed by atoms with Crippen molar-refractivity contribution in [1.82, 2.24) is 5.43 Å². The SMILES string of the molecule is C=CCC(CCCCC)NN. The first-order valence-electron chi connectivity index (χ1n) is 4.42. The first-order chi connectivity index (χ1) is 5.35. The van der Waals surface area contributed by atoms with Gasteiger partial charge in [0.1, 0.15) is 0 Å². The summed E-state index contributed by atoms with van der Waals surface area (Å²) in [6.07, 6.45) is 7.88. The molecule has 0 saturated carbocycles. The van der Waals surface area contributed by atoms with Crippen molar-refractivity contribution in [1.29, 1.82) is 0 Å². The Morgan fingerprint density at radius 2 is 2.27 bits per heavy atom. The Morgan fingerprint density at radius 1 is 1.55 bits per heavy atom. The number of unbranched alkanes of at least 4 members (excludes halogenated alkanes) is 2. The summed E-state index contributed by atoms with van der Waals surface area (Å²) < 4.78 is 0. The van der Waals surface area contributed by atoms with Gasteiger partial charge in [0.15, 0.2) is 0 Å². The van der Waals surface area contributed by atoms with E-state index in [0.717, 1.165) is 12.8 Å². The highest BCUT2D eigenvalue weighted by Gasteiger charge is 2.01. The molecule has 0 bridgehead atoms. The largest absolute Gasteiger partial charge is 0.271 e. The highest BCUT2D eigenvalue weighted by Crippen LogP contribution is 2.05. The number of hydrazine groups is 1. The van der Waals surface area contributed by atoms with Crippen molar-refractivity contribution in [3.8, 4) is 0 Å². The molecule has 0 radical (unpaired) electrons. The van der Waals surface area contributed by atoms with E-state index in [2.05, 4.69) is 18.9 Å². The van der Waals surface area contributed by atoms with Gasteiger partial charge in [-0.2, -0.15) is 0 Å². The summed E-state index contributed by atoms with van der Waals surface area (Å²) in [5, 5.41) is 0. The average molecular weight is 156 g/mol. The molecule has 66 valence electrons. The first kappa shape index (κ1) is 10.7. The van der Waals surface area contributed by atoms with Gasteiger partial charge < -0.3 is 0 Å². The molecule has 0 aliphatic heterocycles. The molecule has 0 rings (SSSR count).